The van der Waals surface area contributed by atoms with Crippen molar-refractivity contribution in [2.24, 2.45) is 0 Å². The van der Waals surface area contributed by atoms with Crippen molar-refractivity contribution in [3.8, 4) is 0 Å². The van der Waals surface area contributed by atoms with Gasteiger partial charge in [0.2, 0.25) is 5.91 Å². The van der Waals surface area contributed by atoms with E-state index < -0.39 is 16.6 Å². The zero-order valence-electron chi connectivity index (χ0n) is 19.0. The molecule has 6 nitrogen and oxygen atoms in total. The van der Waals surface area contributed by atoms with E-state index in [4.69, 9.17) is 23.2 Å². The van der Waals surface area contributed by atoms with Crippen LogP contribution in [0.4, 0.5) is 15.8 Å². The molecule has 3 aromatic carbocycles. The summed E-state index contributed by atoms with van der Waals surface area (Å²) in [5.41, 5.74) is 1.63. The van der Waals surface area contributed by atoms with Crippen molar-refractivity contribution in [2.45, 2.75) is 11.8 Å². The molecule has 0 bridgehead atoms. The number of benzene rings is 3. The number of hydrogen-bond donors (Lipinski definition) is 0. The predicted molar refractivity (Wildman–Crippen MR) is 137 cm³/mol. The molecule has 1 fully saturated rings. The Morgan fingerprint density at radius 1 is 0.943 bits per heavy atom. The molecular weight excluding hydrogens is 512 g/mol. The van der Waals surface area contributed by atoms with Crippen LogP contribution in [-0.2, 0) is 14.8 Å². The van der Waals surface area contributed by atoms with E-state index in [1.165, 1.54) is 36.4 Å². The van der Waals surface area contributed by atoms with Gasteiger partial charge in [-0.2, -0.15) is 0 Å². The highest BCUT2D eigenvalue weighted by atomic mass is 35.5. The van der Waals surface area contributed by atoms with E-state index in [1.807, 2.05) is 11.8 Å². The maximum absolute atomic E-state index is 14.2. The molecule has 0 N–H and O–H groups in total. The van der Waals surface area contributed by atoms with E-state index >= 15 is 0 Å². The Bertz CT molecular complexity index is 1330. The standard InChI is InChI=1S/C25H24Cl2FN3O3S/c1-18-6-9-20(10-7-18)35(33,34)31(19-8-11-21(26)22(27)16-19)17-25(32)30-14-12-29(13-15-30)24-5-3-2-4-23(24)28/h2-11,16H,12-15,17H2,1H3. The number of sulfonamides is 1. The summed E-state index contributed by atoms with van der Waals surface area (Å²) in [4.78, 5) is 16.8. The Morgan fingerprint density at radius 2 is 1.60 bits per heavy atom. The average molecular weight is 536 g/mol. The molecule has 35 heavy (non-hydrogen) atoms. The monoisotopic (exact) mass is 535 g/mol. The second-order valence-corrected chi connectivity index (χ2v) is 10.9. The zero-order chi connectivity index (χ0) is 25.2. The molecule has 1 aliphatic heterocycles. The van der Waals surface area contributed by atoms with E-state index in [9.17, 15) is 17.6 Å². The lowest BCUT2D eigenvalue weighted by atomic mass is 10.2. The quantitative estimate of drug-likeness (QED) is 0.446. The van der Waals surface area contributed by atoms with Crippen LogP contribution < -0.4 is 9.21 Å². The van der Waals surface area contributed by atoms with Gasteiger partial charge in [0.05, 0.1) is 26.3 Å². The molecule has 0 radical (unpaired) electrons. The minimum absolute atomic E-state index is 0.0614. The second kappa shape index (κ2) is 10.4. The molecule has 0 aromatic heterocycles. The van der Waals surface area contributed by atoms with Crippen molar-refractivity contribution in [1.29, 1.82) is 0 Å². The maximum atomic E-state index is 14.2. The first-order valence-electron chi connectivity index (χ1n) is 11.0. The maximum Gasteiger partial charge on any atom is 0.264 e. The summed E-state index contributed by atoms with van der Waals surface area (Å²) in [6, 6.07) is 17.3. The number of hydrogen-bond acceptors (Lipinski definition) is 4. The smallest absolute Gasteiger partial charge is 0.264 e. The molecule has 3 aromatic rings. The molecule has 0 saturated carbocycles. The number of carbonyl (C=O) groups excluding carboxylic acids is 1. The van der Waals surface area contributed by atoms with Gasteiger partial charge in [0.25, 0.3) is 10.0 Å². The van der Waals surface area contributed by atoms with E-state index in [0.717, 1.165) is 9.87 Å². The summed E-state index contributed by atoms with van der Waals surface area (Å²) in [5.74, 6) is -0.679. The van der Waals surface area contributed by atoms with E-state index in [0.29, 0.717) is 31.9 Å². The lowest BCUT2D eigenvalue weighted by Crippen LogP contribution is -2.52. The molecular formula is C25H24Cl2FN3O3S. The molecule has 0 unspecified atom stereocenters. The van der Waals surface area contributed by atoms with Crippen molar-refractivity contribution in [3.05, 3.63) is 88.2 Å². The van der Waals surface area contributed by atoms with Crippen molar-refractivity contribution in [2.75, 3.05) is 41.9 Å². The van der Waals surface area contributed by atoms with E-state index in [-0.39, 0.29) is 32.4 Å². The first kappa shape index (κ1) is 25.3. The third-order valence-corrected chi connectivity index (χ3v) is 8.43. The van der Waals surface area contributed by atoms with Gasteiger partial charge in [-0.15, -0.1) is 0 Å². The summed E-state index contributed by atoms with van der Waals surface area (Å²) >= 11 is 12.2. The number of nitrogens with zero attached hydrogens (tertiary/aromatic N) is 3. The Kier molecular flexibility index (Phi) is 7.54. The molecule has 1 heterocycles. The van der Waals surface area contributed by atoms with E-state index in [1.54, 1.807) is 35.2 Å². The van der Waals surface area contributed by atoms with Gasteiger partial charge in [-0.3, -0.25) is 9.10 Å². The van der Waals surface area contributed by atoms with Gasteiger partial charge in [-0.1, -0.05) is 53.0 Å². The molecule has 0 atom stereocenters. The normalized spacial score (nSPS) is 14.2. The van der Waals surface area contributed by atoms with Gasteiger partial charge in [0.15, 0.2) is 0 Å². The van der Waals surface area contributed by atoms with Crippen LogP contribution in [-0.4, -0.2) is 51.9 Å². The largest absolute Gasteiger partial charge is 0.366 e. The third kappa shape index (κ3) is 5.55. The SMILES string of the molecule is Cc1ccc(S(=O)(=O)N(CC(=O)N2CCN(c3ccccc3F)CC2)c2ccc(Cl)c(Cl)c2)cc1. The molecule has 184 valence electrons. The van der Waals surface area contributed by atoms with Crippen molar-refractivity contribution in [1.82, 2.24) is 4.90 Å². The van der Waals surface area contributed by atoms with Gasteiger partial charge in [-0.25, -0.2) is 12.8 Å². The van der Waals surface area contributed by atoms with Crippen LogP contribution in [0, 0.1) is 12.7 Å². The summed E-state index contributed by atoms with van der Waals surface area (Å²) in [5, 5.41) is 0.456. The topological polar surface area (TPSA) is 60.9 Å². The minimum Gasteiger partial charge on any atom is -0.366 e. The van der Waals surface area contributed by atoms with Crippen LogP contribution in [0.5, 0.6) is 0 Å². The fraction of sp³-hybridized carbons (Fsp3) is 0.240. The van der Waals surface area contributed by atoms with Crippen LogP contribution >= 0.6 is 23.2 Å². The van der Waals surface area contributed by atoms with E-state index in [2.05, 4.69) is 0 Å². The van der Waals surface area contributed by atoms with Crippen LogP contribution in [0.2, 0.25) is 10.0 Å². The summed E-state index contributed by atoms with van der Waals surface area (Å²) in [6.45, 7) is 3.00. The number of amides is 1. The van der Waals surface area contributed by atoms with Crippen molar-refractivity contribution >= 4 is 50.5 Å². The minimum atomic E-state index is -4.07. The molecule has 0 aliphatic carbocycles. The van der Waals surface area contributed by atoms with Crippen LogP contribution in [0.3, 0.4) is 0 Å². The van der Waals surface area contributed by atoms with Gasteiger partial charge >= 0.3 is 0 Å². The van der Waals surface area contributed by atoms with Gasteiger partial charge in [0, 0.05) is 26.2 Å². The van der Waals surface area contributed by atoms with Gasteiger partial charge in [-0.05, 0) is 49.4 Å². The lowest BCUT2D eigenvalue weighted by Gasteiger charge is -2.37. The Labute approximate surface area is 214 Å². The molecule has 1 amide bonds. The summed E-state index contributed by atoms with van der Waals surface area (Å²) in [7, 11) is -4.07. The number of para-hydroxylation sites is 1. The fourth-order valence-corrected chi connectivity index (χ4v) is 5.62. The highest BCUT2D eigenvalue weighted by Crippen LogP contribution is 2.31. The average Bonchev–Trinajstić information content (AvgIpc) is 2.85. The molecule has 0 spiro atoms. The highest BCUT2D eigenvalue weighted by Gasteiger charge is 2.31. The number of carbonyl (C=O) groups is 1. The Morgan fingerprint density at radius 3 is 2.23 bits per heavy atom. The van der Waals surface area contributed by atoms with Crippen LogP contribution in [0.1, 0.15) is 5.56 Å². The van der Waals surface area contributed by atoms with Crippen LogP contribution in [0.15, 0.2) is 71.6 Å². The Hall–Kier alpha value is -2.81. The van der Waals surface area contributed by atoms with Crippen molar-refractivity contribution < 1.29 is 17.6 Å². The van der Waals surface area contributed by atoms with Gasteiger partial charge in [0.1, 0.15) is 12.4 Å². The lowest BCUT2D eigenvalue weighted by molar-refractivity contribution is -0.129. The third-order valence-electron chi connectivity index (χ3n) is 5.90. The molecule has 4 rings (SSSR count). The fourth-order valence-electron chi connectivity index (χ4n) is 3.92. The molecule has 1 aliphatic rings. The first-order chi connectivity index (χ1) is 16.7. The Balaban J connectivity index is 1.56. The first-order valence-corrected chi connectivity index (χ1v) is 13.2. The van der Waals surface area contributed by atoms with Crippen molar-refractivity contribution in [3.63, 3.8) is 0 Å². The molecule has 10 heteroatoms. The number of piperazine rings is 1. The predicted octanol–water partition coefficient (Wildman–Crippen LogP) is 4.99. The van der Waals surface area contributed by atoms with Crippen LogP contribution in [0.25, 0.3) is 0 Å². The second-order valence-electron chi connectivity index (χ2n) is 8.24. The van der Waals surface area contributed by atoms with Gasteiger partial charge < -0.3 is 9.80 Å². The number of halogens is 3. The number of rotatable bonds is 6. The highest BCUT2D eigenvalue weighted by molar-refractivity contribution is 7.92. The summed E-state index contributed by atoms with van der Waals surface area (Å²) < 4.78 is 42.3. The number of anilines is 2. The zero-order valence-corrected chi connectivity index (χ0v) is 21.3. The molecule has 1 saturated heterocycles. The number of aryl methyl sites for hydroxylation is 1. The summed E-state index contributed by atoms with van der Waals surface area (Å²) in [6.07, 6.45) is 0.